The van der Waals surface area contributed by atoms with Gasteiger partial charge in [-0.1, -0.05) is 30.3 Å². The Balaban J connectivity index is 1.48. The van der Waals surface area contributed by atoms with Crippen molar-refractivity contribution in [3.8, 4) is 0 Å². The summed E-state index contributed by atoms with van der Waals surface area (Å²) >= 11 is 1.39. The first-order valence-corrected chi connectivity index (χ1v) is 11.5. The Labute approximate surface area is 185 Å². The predicted octanol–water partition coefficient (Wildman–Crippen LogP) is 3.38. The van der Waals surface area contributed by atoms with Crippen molar-refractivity contribution in [2.24, 2.45) is 11.7 Å². The Morgan fingerprint density at radius 3 is 2.84 bits per heavy atom. The lowest BCUT2D eigenvalue weighted by Crippen LogP contribution is -2.44. The van der Waals surface area contributed by atoms with Crippen molar-refractivity contribution in [2.45, 2.75) is 32.6 Å². The second kappa shape index (κ2) is 9.43. The average Bonchev–Trinajstić information content (AvgIpc) is 3.14. The number of amides is 2. The van der Waals surface area contributed by atoms with Crippen molar-refractivity contribution in [3.05, 3.63) is 52.7 Å². The van der Waals surface area contributed by atoms with Crippen LogP contribution in [0.15, 0.2) is 36.7 Å². The molecule has 8 heteroatoms. The van der Waals surface area contributed by atoms with Gasteiger partial charge in [-0.3, -0.25) is 9.59 Å². The first-order valence-electron chi connectivity index (χ1n) is 10.6. The van der Waals surface area contributed by atoms with Gasteiger partial charge in [0.25, 0.3) is 5.91 Å². The van der Waals surface area contributed by atoms with Gasteiger partial charge in [0, 0.05) is 19.6 Å². The fraction of sp³-hybridized carbons (Fsp3) is 0.391. The molecule has 1 aromatic carbocycles. The number of carbonyl (C=O) groups excluding carboxylic acids is 2. The molecule has 31 heavy (non-hydrogen) atoms. The van der Waals surface area contributed by atoms with Gasteiger partial charge in [-0.25, -0.2) is 9.97 Å². The largest absolute Gasteiger partial charge is 0.369 e. The number of likely N-dealkylation sites (tertiary alicyclic amines) is 1. The summed E-state index contributed by atoms with van der Waals surface area (Å²) in [6.45, 7) is 3.76. The van der Waals surface area contributed by atoms with Gasteiger partial charge >= 0.3 is 0 Å². The van der Waals surface area contributed by atoms with E-state index in [9.17, 15) is 9.59 Å². The SMILES string of the molecule is Cc1c(C(=O)N2CCC[C@@H](C(N)=O)C2)sc2ncnc(NCCCc3ccccc3)c12. The number of anilines is 1. The number of aryl methyl sites for hydroxylation is 2. The van der Waals surface area contributed by atoms with Gasteiger partial charge in [-0.05, 0) is 43.7 Å². The average molecular weight is 438 g/mol. The lowest BCUT2D eigenvalue weighted by Gasteiger charge is -2.31. The lowest BCUT2D eigenvalue weighted by molar-refractivity contribution is -0.123. The van der Waals surface area contributed by atoms with Crippen LogP contribution in [0.3, 0.4) is 0 Å². The van der Waals surface area contributed by atoms with E-state index in [1.54, 1.807) is 4.90 Å². The van der Waals surface area contributed by atoms with Crippen molar-refractivity contribution >= 4 is 39.2 Å². The maximum absolute atomic E-state index is 13.2. The van der Waals surface area contributed by atoms with Crippen LogP contribution < -0.4 is 11.1 Å². The molecule has 1 fully saturated rings. The van der Waals surface area contributed by atoms with E-state index in [4.69, 9.17) is 5.73 Å². The molecular weight excluding hydrogens is 410 g/mol. The molecule has 4 rings (SSSR count). The molecule has 0 spiro atoms. The van der Waals surface area contributed by atoms with Crippen LogP contribution >= 0.6 is 11.3 Å². The molecule has 0 bridgehead atoms. The number of benzene rings is 1. The molecule has 1 saturated heterocycles. The summed E-state index contributed by atoms with van der Waals surface area (Å²) in [7, 11) is 0. The number of rotatable bonds is 7. The third-order valence-corrected chi connectivity index (χ3v) is 7.00. The lowest BCUT2D eigenvalue weighted by atomic mass is 9.97. The highest BCUT2D eigenvalue weighted by Crippen LogP contribution is 2.34. The Morgan fingerprint density at radius 2 is 2.06 bits per heavy atom. The zero-order chi connectivity index (χ0) is 21.8. The highest BCUT2D eigenvalue weighted by Gasteiger charge is 2.30. The van der Waals surface area contributed by atoms with Crippen molar-refractivity contribution in [1.82, 2.24) is 14.9 Å². The zero-order valence-electron chi connectivity index (χ0n) is 17.6. The van der Waals surface area contributed by atoms with Crippen LogP contribution in [0.2, 0.25) is 0 Å². The topological polar surface area (TPSA) is 101 Å². The highest BCUT2D eigenvalue weighted by atomic mass is 32.1. The smallest absolute Gasteiger partial charge is 0.264 e. The second-order valence-corrected chi connectivity index (χ2v) is 8.97. The summed E-state index contributed by atoms with van der Waals surface area (Å²) in [5.41, 5.74) is 7.67. The van der Waals surface area contributed by atoms with E-state index in [0.29, 0.717) is 18.0 Å². The number of fused-ring (bicyclic) bond motifs is 1. The molecule has 3 N–H and O–H groups in total. The van der Waals surface area contributed by atoms with Crippen LogP contribution in [0.5, 0.6) is 0 Å². The van der Waals surface area contributed by atoms with E-state index < -0.39 is 0 Å². The molecule has 1 aliphatic heterocycles. The minimum absolute atomic E-state index is 0.0542. The molecule has 1 atom stereocenters. The number of primary amides is 1. The molecule has 162 valence electrons. The minimum atomic E-state index is -0.335. The quantitative estimate of drug-likeness (QED) is 0.552. The molecule has 2 aromatic heterocycles. The van der Waals surface area contributed by atoms with Crippen LogP contribution in [0.1, 0.15) is 40.1 Å². The van der Waals surface area contributed by atoms with E-state index in [1.165, 1.54) is 23.2 Å². The van der Waals surface area contributed by atoms with Gasteiger partial charge in [0.1, 0.15) is 17.0 Å². The van der Waals surface area contributed by atoms with E-state index in [-0.39, 0.29) is 17.7 Å². The molecule has 0 aliphatic carbocycles. The highest BCUT2D eigenvalue weighted by molar-refractivity contribution is 7.20. The first-order chi connectivity index (χ1) is 15.0. The number of hydrogen-bond donors (Lipinski definition) is 2. The fourth-order valence-electron chi connectivity index (χ4n) is 4.09. The zero-order valence-corrected chi connectivity index (χ0v) is 18.5. The van der Waals surface area contributed by atoms with Crippen molar-refractivity contribution in [1.29, 1.82) is 0 Å². The Hall–Kier alpha value is -3.00. The number of nitrogens with two attached hydrogens (primary N) is 1. The molecule has 7 nitrogen and oxygen atoms in total. The van der Waals surface area contributed by atoms with Gasteiger partial charge in [0.15, 0.2) is 0 Å². The molecule has 3 aromatic rings. The Bertz CT molecular complexity index is 1080. The van der Waals surface area contributed by atoms with Crippen molar-refractivity contribution in [3.63, 3.8) is 0 Å². The second-order valence-electron chi connectivity index (χ2n) is 7.97. The number of hydrogen-bond acceptors (Lipinski definition) is 6. The fourth-order valence-corrected chi connectivity index (χ4v) is 5.21. The maximum Gasteiger partial charge on any atom is 0.264 e. The monoisotopic (exact) mass is 437 g/mol. The Morgan fingerprint density at radius 1 is 1.26 bits per heavy atom. The summed E-state index contributed by atoms with van der Waals surface area (Å²) in [5, 5.41) is 4.32. The summed E-state index contributed by atoms with van der Waals surface area (Å²) in [5.74, 6) is 0.105. The van der Waals surface area contributed by atoms with E-state index in [1.807, 2.05) is 13.0 Å². The molecule has 2 amide bonds. The predicted molar refractivity (Wildman–Crippen MR) is 123 cm³/mol. The third-order valence-electron chi connectivity index (χ3n) is 5.81. The number of thiophene rings is 1. The number of nitrogens with one attached hydrogen (secondary N) is 1. The van der Waals surface area contributed by atoms with Gasteiger partial charge in [0.05, 0.1) is 16.2 Å². The molecule has 0 radical (unpaired) electrons. The summed E-state index contributed by atoms with van der Waals surface area (Å²) < 4.78 is 0. The van der Waals surface area contributed by atoms with E-state index in [2.05, 4.69) is 39.6 Å². The van der Waals surface area contributed by atoms with Crippen LogP contribution in [0.25, 0.3) is 10.2 Å². The maximum atomic E-state index is 13.2. The first kappa shape index (κ1) is 21.2. The van der Waals surface area contributed by atoms with Crippen molar-refractivity contribution in [2.75, 3.05) is 25.0 Å². The number of piperidine rings is 1. The summed E-state index contributed by atoms with van der Waals surface area (Å²) in [6.07, 6.45) is 5.04. The molecular formula is C23H27N5O2S. The van der Waals surface area contributed by atoms with Crippen LogP contribution in [-0.4, -0.2) is 46.3 Å². The molecule has 3 heterocycles. The van der Waals surface area contributed by atoms with Crippen LogP contribution in [-0.2, 0) is 11.2 Å². The van der Waals surface area contributed by atoms with Crippen LogP contribution in [0, 0.1) is 12.8 Å². The Kier molecular flexibility index (Phi) is 6.46. The standard InChI is InChI=1S/C23H27N5O2S/c1-15-18-21(25-11-5-9-16-7-3-2-4-8-16)26-14-27-22(18)31-19(15)23(30)28-12-6-10-17(13-28)20(24)29/h2-4,7-8,14,17H,5-6,9-13H2,1H3,(H2,24,29)(H,25,26,27)/t17-/m1/s1. The molecule has 0 unspecified atom stereocenters. The summed E-state index contributed by atoms with van der Waals surface area (Å²) in [4.78, 5) is 36.8. The normalized spacial score (nSPS) is 16.4. The van der Waals surface area contributed by atoms with E-state index in [0.717, 1.165) is 53.8 Å². The van der Waals surface area contributed by atoms with Gasteiger partial charge < -0.3 is 16.0 Å². The third kappa shape index (κ3) is 4.69. The van der Waals surface area contributed by atoms with Gasteiger partial charge in [-0.2, -0.15) is 0 Å². The summed E-state index contributed by atoms with van der Waals surface area (Å²) in [6, 6.07) is 10.4. The number of carbonyl (C=O) groups is 2. The number of aromatic nitrogens is 2. The van der Waals surface area contributed by atoms with Crippen molar-refractivity contribution < 1.29 is 9.59 Å². The van der Waals surface area contributed by atoms with Gasteiger partial charge in [-0.15, -0.1) is 11.3 Å². The molecule has 0 saturated carbocycles. The van der Waals surface area contributed by atoms with E-state index >= 15 is 0 Å². The molecule has 1 aliphatic rings. The number of nitrogens with zero attached hydrogens (tertiary/aromatic N) is 3. The minimum Gasteiger partial charge on any atom is -0.369 e. The van der Waals surface area contributed by atoms with Crippen LogP contribution in [0.4, 0.5) is 5.82 Å². The van der Waals surface area contributed by atoms with Gasteiger partial charge in [0.2, 0.25) is 5.91 Å².